The molecule has 1 aliphatic heterocycles. The minimum absolute atomic E-state index is 0.0493. The fourth-order valence-electron chi connectivity index (χ4n) is 3.26. The highest BCUT2D eigenvalue weighted by Crippen LogP contribution is 2.28. The fourth-order valence-corrected chi connectivity index (χ4v) is 3.26. The molecule has 118 valence electrons. The monoisotopic (exact) mass is 308 g/mol. The molecule has 0 amide bonds. The zero-order valence-corrected chi connectivity index (χ0v) is 13.3. The van der Waals surface area contributed by atoms with E-state index in [-0.39, 0.29) is 6.23 Å². The highest BCUT2D eigenvalue weighted by Gasteiger charge is 2.22. The summed E-state index contributed by atoms with van der Waals surface area (Å²) >= 11 is 0. The summed E-state index contributed by atoms with van der Waals surface area (Å²) in [5, 5.41) is 0. The first-order chi connectivity index (χ1) is 11.3. The van der Waals surface area contributed by atoms with Gasteiger partial charge in [-0.25, -0.2) is 15.0 Å². The van der Waals surface area contributed by atoms with Crippen LogP contribution >= 0.6 is 0 Å². The number of benzene rings is 1. The lowest BCUT2D eigenvalue weighted by Gasteiger charge is -2.24. The normalized spacial score (nSPS) is 18.4. The van der Waals surface area contributed by atoms with E-state index in [0.29, 0.717) is 0 Å². The number of ether oxygens (including phenoxy) is 1. The molecule has 3 heterocycles. The number of hydrogen-bond donors (Lipinski definition) is 0. The van der Waals surface area contributed by atoms with Crippen molar-refractivity contribution in [3.8, 4) is 0 Å². The van der Waals surface area contributed by atoms with Gasteiger partial charge in [-0.15, -0.1) is 0 Å². The quantitative estimate of drug-likeness (QED) is 0.744. The predicted octanol–water partition coefficient (Wildman–Crippen LogP) is 3.42. The third kappa shape index (κ3) is 2.72. The lowest BCUT2D eigenvalue weighted by Crippen LogP contribution is -2.19. The van der Waals surface area contributed by atoms with Crippen molar-refractivity contribution >= 4 is 11.2 Å². The van der Waals surface area contributed by atoms with E-state index in [9.17, 15) is 0 Å². The lowest BCUT2D eigenvalue weighted by molar-refractivity contribution is -0.0309. The summed E-state index contributed by atoms with van der Waals surface area (Å²) in [5.74, 6) is 0.946. The Hall–Kier alpha value is -2.27. The van der Waals surface area contributed by atoms with Crippen LogP contribution in [0.15, 0.2) is 36.7 Å². The second-order valence-corrected chi connectivity index (χ2v) is 6.01. The number of hydrogen-bond acceptors (Lipinski definition) is 4. The number of imidazole rings is 1. The topological polar surface area (TPSA) is 52.8 Å². The summed E-state index contributed by atoms with van der Waals surface area (Å²) in [6, 6.07) is 10.4. The zero-order chi connectivity index (χ0) is 15.6. The number of aromatic nitrogens is 4. The van der Waals surface area contributed by atoms with Crippen LogP contribution in [0.4, 0.5) is 0 Å². The molecule has 1 atom stereocenters. The van der Waals surface area contributed by atoms with Crippen molar-refractivity contribution in [3.05, 3.63) is 53.7 Å². The minimum Gasteiger partial charge on any atom is -0.358 e. The first-order valence-corrected chi connectivity index (χ1v) is 8.17. The van der Waals surface area contributed by atoms with Crippen LogP contribution in [0.3, 0.4) is 0 Å². The van der Waals surface area contributed by atoms with Crippen LogP contribution in [0.5, 0.6) is 0 Å². The zero-order valence-electron chi connectivity index (χ0n) is 13.3. The molecule has 0 aliphatic carbocycles. The van der Waals surface area contributed by atoms with Crippen molar-refractivity contribution in [2.45, 2.75) is 38.8 Å². The van der Waals surface area contributed by atoms with Gasteiger partial charge in [0.15, 0.2) is 5.65 Å². The van der Waals surface area contributed by atoms with E-state index in [1.165, 1.54) is 12.0 Å². The maximum atomic E-state index is 5.93. The summed E-state index contributed by atoms with van der Waals surface area (Å²) in [5.41, 5.74) is 3.98. The number of nitrogens with zero attached hydrogens (tertiary/aromatic N) is 4. The first-order valence-electron chi connectivity index (χ1n) is 8.17. The molecule has 1 aromatic carbocycles. The average molecular weight is 308 g/mol. The van der Waals surface area contributed by atoms with E-state index in [4.69, 9.17) is 9.72 Å². The van der Waals surface area contributed by atoms with Gasteiger partial charge < -0.3 is 4.74 Å². The third-order valence-corrected chi connectivity index (χ3v) is 4.39. The van der Waals surface area contributed by atoms with Gasteiger partial charge in [0.2, 0.25) is 0 Å². The van der Waals surface area contributed by atoms with Crippen LogP contribution < -0.4 is 0 Å². The molecule has 2 aromatic heterocycles. The summed E-state index contributed by atoms with van der Waals surface area (Å²) in [7, 11) is 0. The molecule has 23 heavy (non-hydrogen) atoms. The molecular weight excluding hydrogens is 288 g/mol. The molecule has 4 rings (SSSR count). The highest BCUT2D eigenvalue weighted by molar-refractivity contribution is 5.74. The van der Waals surface area contributed by atoms with Gasteiger partial charge in [0.05, 0.1) is 5.69 Å². The molecular formula is C18H20N4O. The molecule has 0 saturated carbocycles. The number of rotatable bonds is 3. The van der Waals surface area contributed by atoms with Gasteiger partial charge in [0, 0.05) is 13.0 Å². The van der Waals surface area contributed by atoms with Crippen molar-refractivity contribution in [2.24, 2.45) is 0 Å². The Morgan fingerprint density at radius 3 is 2.83 bits per heavy atom. The summed E-state index contributed by atoms with van der Waals surface area (Å²) < 4.78 is 8.06. The van der Waals surface area contributed by atoms with Crippen molar-refractivity contribution in [1.29, 1.82) is 0 Å². The second kappa shape index (κ2) is 6.08. The van der Waals surface area contributed by atoms with Crippen LogP contribution in [-0.4, -0.2) is 26.1 Å². The molecule has 1 unspecified atom stereocenters. The third-order valence-electron chi connectivity index (χ3n) is 4.39. The van der Waals surface area contributed by atoms with Gasteiger partial charge in [0.1, 0.15) is 23.9 Å². The molecule has 1 fully saturated rings. The molecule has 0 radical (unpaired) electrons. The molecule has 1 saturated heterocycles. The lowest BCUT2D eigenvalue weighted by atomic mass is 10.1. The standard InChI is InChI=1S/C18H20N4O/c1-13-21-17-15(11-14-7-3-2-4-8-14)19-12-20-18(17)22(13)16-9-5-6-10-23-16/h2-4,7-8,12,16H,5-6,9-11H2,1H3. The van der Waals surface area contributed by atoms with Gasteiger partial charge in [-0.2, -0.15) is 0 Å². The predicted molar refractivity (Wildman–Crippen MR) is 88.1 cm³/mol. The van der Waals surface area contributed by atoms with E-state index < -0.39 is 0 Å². The Bertz CT molecular complexity index is 807. The van der Waals surface area contributed by atoms with Crippen molar-refractivity contribution < 1.29 is 4.74 Å². The Balaban J connectivity index is 1.76. The molecule has 5 heteroatoms. The highest BCUT2D eigenvalue weighted by atomic mass is 16.5. The fraction of sp³-hybridized carbons (Fsp3) is 0.389. The van der Waals surface area contributed by atoms with Crippen LogP contribution in [0, 0.1) is 6.92 Å². The van der Waals surface area contributed by atoms with Crippen LogP contribution in [0.2, 0.25) is 0 Å². The molecule has 1 aliphatic rings. The van der Waals surface area contributed by atoms with Gasteiger partial charge >= 0.3 is 0 Å². The van der Waals surface area contributed by atoms with Gasteiger partial charge in [-0.3, -0.25) is 4.57 Å². The molecule has 3 aromatic rings. The van der Waals surface area contributed by atoms with Crippen molar-refractivity contribution in [3.63, 3.8) is 0 Å². The Morgan fingerprint density at radius 2 is 2.04 bits per heavy atom. The summed E-state index contributed by atoms with van der Waals surface area (Å²) in [6.07, 6.45) is 5.79. The molecule has 5 nitrogen and oxygen atoms in total. The van der Waals surface area contributed by atoms with E-state index in [1.54, 1.807) is 6.33 Å². The summed E-state index contributed by atoms with van der Waals surface area (Å²) in [6.45, 7) is 2.83. The van der Waals surface area contributed by atoms with Gasteiger partial charge in [0.25, 0.3) is 0 Å². The first kappa shape index (κ1) is 14.3. The maximum absolute atomic E-state index is 5.93. The number of aryl methyl sites for hydroxylation is 1. The Morgan fingerprint density at radius 1 is 1.17 bits per heavy atom. The molecule has 0 spiro atoms. The number of fused-ring (bicyclic) bond motifs is 1. The van der Waals surface area contributed by atoms with E-state index in [2.05, 4.69) is 26.7 Å². The summed E-state index contributed by atoms with van der Waals surface area (Å²) in [4.78, 5) is 13.7. The van der Waals surface area contributed by atoms with E-state index in [1.807, 2.05) is 25.1 Å². The van der Waals surface area contributed by atoms with Crippen LogP contribution in [0.1, 0.15) is 42.6 Å². The minimum atomic E-state index is 0.0493. The largest absolute Gasteiger partial charge is 0.358 e. The van der Waals surface area contributed by atoms with Crippen molar-refractivity contribution in [2.75, 3.05) is 6.61 Å². The van der Waals surface area contributed by atoms with Crippen LogP contribution in [0.25, 0.3) is 11.2 Å². The second-order valence-electron chi connectivity index (χ2n) is 6.01. The van der Waals surface area contributed by atoms with E-state index >= 15 is 0 Å². The molecule has 0 N–H and O–H groups in total. The Labute approximate surface area is 135 Å². The smallest absolute Gasteiger partial charge is 0.165 e. The Kier molecular flexibility index (Phi) is 3.79. The van der Waals surface area contributed by atoms with E-state index in [0.717, 1.165) is 48.6 Å². The SMILES string of the molecule is Cc1nc2c(Cc3ccccc3)ncnc2n1C1CCCCO1. The van der Waals surface area contributed by atoms with Gasteiger partial charge in [-0.05, 0) is 31.7 Å². The maximum Gasteiger partial charge on any atom is 0.165 e. The van der Waals surface area contributed by atoms with Gasteiger partial charge in [-0.1, -0.05) is 30.3 Å². The molecule has 0 bridgehead atoms. The van der Waals surface area contributed by atoms with Crippen LogP contribution in [-0.2, 0) is 11.2 Å². The van der Waals surface area contributed by atoms with Crippen molar-refractivity contribution in [1.82, 2.24) is 19.5 Å². The average Bonchev–Trinajstić information content (AvgIpc) is 2.94.